The van der Waals surface area contributed by atoms with Crippen molar-refractivity contribution >= 4 is 0 Å². The second kappa shape index (κ2) is 5.04. The molecule has 1 aliphatic rings. The van der Waals surface area contributed by atoms with Crippen LogP contribution >= 0.6 is 0 Å². The van der Waals surface area contributed by atoms with E-state index in [1.165, 1.54) is 0 Å². The minimum Gasteiger partial charge on any atom is -0.0876 e. The smallest absolute Gasteiger partial charge is 0.0133 e. The predicted molar refractivity (Wildman–Crippen MR) is 45.6 cm³/mol. The van der Waals surface area contributed by atoms with Crippen molar-refractivity contribution in [3.63, 3.8) is 0 Å². The minimum absolute atomic E-state index is 1.07. The third kappa shape index (κ3) is 3.29. The fourth-order valence-corrected chi connectivity index (χ4v) is 0.874. The van der Waals surface area contributed by atoms with Gasteiger partial charge in [0, 0.05) is 0 Å². The van der Waals surface area contributed by atoms with Crippen molar-refractivity contribution in [3.05, 3.63) is 42.9 Å². The summed E-state index contributed by atoms with van der Waals surface area (Å²) in [6, 6.07) is 0. The van der Waals surface area contributed by atoms with Gasteiger partial charge in [0.25, 0.3) is 0 Å². The first-order chi connectivity index (χ1) is 5.00. The van der Waals surface area contributed by atoms with Crippen molar-refractivity contribution in [2.45, 2.75) is 19.3 Å². The normalized spacial score (nSPS) is 28.8. The van der Waals surface area contributed by atoms with Crippen LogP contribution in [0.5, 0.6) is 0 Å². The predicted octanol–water partition coefficient (Wildman–Crippen LogP) is 3.04. The summed E-state index contributed by atoms with van der Waals surface area (Å²) in [6.07, 6.45) is 18.5. The average molecular weight is 133 g/mol. The standard InChI is InChI=1S/C10H13/c1-2-4-6-8-10-9-7-5-3-1/h1-3,6-9H,4-5,10H2/b2-1-,8-6-,9-7+. The summed E-state index contributed by atoms with van der Waals surface area (Å²) in [4.78, 5) is 0. The Labute approximate surface area is 62.9 Å². The van der Waals surface area contributed by atoms with Crippen LogP contribution in [0.1, 0.15) is 19.3 Å². The molecule has 1 aliphatic carbocycles. The first kappa shape index (κ1) is 7.33. The molecule has 0 atom stereocenters. The summed E-state index contributed by atoms with van der Waals surface area (Å²) in [7, 11) is 0. The lowest BCUT2D eigenvalue weighted by Gasteiger charge is -1.89. The van der Waals surface area contributed by atoms with E-state index in [0.29, 0.717) is 0 Å². The minimum atomic E-state index is 1.07. The van der Waals surface area contributed by atoms with Gasteiger partial charge < -0.3 is 0 Å². The second-order valence-corrected chi connectivity index (χ2v) is 2.31. The molecular formula is C10H13. The maximum atomic E-state index is 2.20. The van der Waals surface area contributed by atoms with E-state index < -0.39 is 0 Å². The lowest BCUT2D eigenvalue weighted by Crippen LogP contribution is -1.69. The number of hydrogen-bond donors (Lipinski definition) is 0. The Kier molecular flexibility index (Phi) is 3.69. The maximum absolute atomic E-state index is 2.20. The zero-order valence-corrected chi connectivity index (χ0v) is 6.16. The van der Waals surface area contributed by atoms with Gasteiger partial charge in [-0.2, -0.15) is 0 Å². The Balaban J connectivity index is 2.38. The molecule has 0 fully saturated rings. The van der Waals surface area contributed by atoms with Gasteiger partial charge in [0.15, 0.2) is 0 Å². The lowest BCUT2D eigenvalue weighted by atomic mass is 10.2. The van der Waals surface area contributed by atoms with Crippen LogP contribution in [-0.2, 0) is 0 Å². The van der Waals surface area contributed by atoms with E-state index in [0.717, 1.165) is 19.3 Å². The third-order valence-electron chi connectivity index (χ3n) is 1.42. The molecule has 0 heterocycles. The van der Waals surface area contributed by atoms with E-state index in [1.807, 2.05) is 0 Å². The van der Waals surface area contributed by atoms with Crippen molar-refractivity contribution < 1.29 is 0 Å². The first-order valence-corrected chi connectivity index (χ1v) is 3.78. The molecule has 1 rings (SSSR count). The Morgan fingerprint density at radius 2 is 1.20 bits per heavy atom. The molecule has 0 aliphatic heterocycles. The van der Waals surface area contributed by atoms with Crippen LogP contribution in [0.3, 0.4) is 0 Å². The van der Waals surface area contributed by atoms with E-state index in [-0.39, 0.29) is 0 Å². The zero-order valence-electron chi connectivity index (χ0n) is 6.16. The summed E-state index contributed by atoms with van der Waals surface area (Å²) < 4.78 is 0. The van der Waals surface area contributed by atoms with Gasteiger partial charge in [0.1, 0.15) is 0 Å². The van der Waals surface area contributed by atoms with Crippen LogP contribution in [0.15, 0.2) is 36.5 Å². The molecule has 0 unspecified atom stereocenters. The van der Waals surface area contributed by atoms with Gasteiger partial charge in [-0.3, -0.25) is 0 Å². The Hall–Kier alpha value is -0.780. The van der Waals surface area contributed by atoms with Crippen LogP contribution in [0.2, 0.25) is 0 Å². The highest BCUT2D eigenvalue weighted by molar-refractivity contribution is 5.05. The monoisotopic (exact) mass is 133 g/mol. The van der Waals surface area contributed by atoms with Gasteiger partial charge in [-0.05, 0) is 25.7 Å². The number of rotatable bonds is 0. The fourth-order valence-electron chi connectivity index (χ4n) is 0.874. The van der Waals surface area contributed by atoms with E-state index in [2.05, 4.69) is 42.9 Å². The van der Waals surface area contributed by atoms with Crippen molar-refractivity contribution in [1.82, 2.24) is 0 Å². The van der Waals surface area contributed by atoms with Gasteiger partial charge in [-0.1, -0.05) is 36.5 Å². The Bertz CT molecular complexity index is 131. The highest BCUT2D eigenvalue weighted by Gasteiger charge is 1.79. The average Bonchev–Trinajstić information content (AvgIpc) is 2.01. The summed E-state index contributed by atoms with van der Waals surface area (Å²) in [6.45, 7) is 0. The van der Waals surface area contributed by atoms with Crippen molar-refractivity contribution in [3.8, 4) is 0 Å². The molecule has 0 saturated carbocycles. The number of allylic oxidation sites excluding steroid dienone is 6. The molecule has 1 radical (unpaired) electrons. The molecule has 0 aromatic heterocycles. The molecule has 0 nitrogen and oxygen atoms in total. The van der Waals surface area contributed by atoms with Gasteiger partial charge in [-0.25, -0.2) is 0 Å². The van der Waals surface area contributed by atoms with E-state index in [1.54, 1.807) is 0 Å². The first-order valence-electron chi connectivity index (χ1n) is 3.78. The van der Waals surface area contributed by atoms with E-state index >= 15 is 0 Å². The Morgan fingerprint density at radius 3 is 2.00 bits per heavy atom. The van der Waals surface area contributed by atoms with Crippen LogP contribution in [0, 0.1) is 6.42 Å². The van der Waals surface area contributed by atoms with Gasteiger partial charge in [0.2, 0.25) is 0 Å². The van der Waals surface area contributed by atoms with Crippen molar-refractivity contribution in [1.29, 1.82) is 0 Å². The van der Waals surface area contributed by atoms with Crippen LogP contribution in [0.25, 0.3) is 0 Å². The molecule has 0 spiro atoms. The largest absolute Gasteiger partial charge is 0.0876 e. The summed E-state index contributed by atoms with van der Waals surface area (Å²) in [5.41, 5.74) is 0. The van der Waals surface area contributed by atoms with E-state index in [4.69, 9.17) is 0 Å². The quantitative estimate of drug-likeness (QED) is 0.445. The van der Waals surface area contributed by atoms with Crippen LogP contribution < -0.4 is 0 Å². The van der Waals surface area contributed by atoms with Gasteiger partial charge in [-0.15, -0.1) is 0 Å². The topological polar surface area (TPSA) is 0 Å². The second-order valence-electron chi connectivity index (χ2n) is 2.31. The van der Waals surface area contributed by atoms with Crippen molar-refractivity contribution in [2.24, 2.45) is 0 Å². The molecule has 53 valence electrons. The fraction of sp³-hybridized carbons (Fsp3) is 0.300. The highest BCUT2D eigenvalue weighted by atomic mass is 13.9. The molecular weight excluding hydrogens is 120 g/mol. The Morgan fingerprint density at radius 1 is 0.600 bits per heavy atom. The molecule has 0 aromatic carbocycles. The summed E-state index contributed by atoms with van der Waals surface area (Å²) >= 11 is 0. The molecule has 0 amide bonds. The molecule has 10 heavy (non-hydrogen) atoms. The molecule has 0 bridgehead atoms. The lowest BCUT2D eigenvalue weighted by molar-refractivity contribution is 1.21. The third-order valence-corrected chi connectivity index (χ3v) is 1.42. The molecule has 0 aromatic rings. The zero-order chi connectivity index (χ0) is 7.07. The van der Waals surface area contributed by atoms with Crippen molar-refractivity contribution in [2.75, 3.05) is 0 Å². The van der Waals surface area contributed by atoms with Crippen LogP contribution in [-0.4, -0.2) is 0 Å². The summed E-state index contributed by atoms with van der Waals surface area (Å²) in [5.74, 6) is 0. The SMILES string of the molecule is [CH]1/C=C\C/C=C\C/C=C/C1. The number of hydrogen-bond acceptors (Lipinski definition) is 0. The summed E-state index contributed by atoms with van der Waals surface area (Å²) in [5, 5.41) is 0. The van der Waals surface area contributed by atoms with E-state index in [9.17, 15) is 0 Å². The van der Waals surface area contributed by atoms with Gasteiger partial charge >= 0.3 is 0 Å². The maximum Gasteiger partial charge on any atom is -0.0133 e. The van der Waals surface area contributed by atoms with Gasteiger partial charge in [0.05, 0.1) is 0 Å². The highest BCUT2D eigenvalue weighted by Crippen LogP contribution is 1.98. The molecule has 0 N–H and O–H groups in total. The molecule has 0 saturated heterocycles. The van der Waals surface area contributed by atoms with Crippen LogP contribution in [0.4, 0.5) is 0 Å². The molecule has 0 heteroatoms.